The summed E-state index contributed by atoms with van der Waals surface area (Å²) in [7, 11) is 4.07. The lowest BCUT2D eigenvalue weighted by molar-refractivity contribution is 0.249. The highest BCUT2D eigenvalue weighted by molar-refractivity contribution is 14.0. The van der Waals surface area contributed by atoms with Gasteiger partial charge in [0.25, 0.3) is 0 Å². The molecule has 2 aliphatic rings. The summed E-state index contributed by atoms with van der Waals surface area (Å²) in [6.45, 7) is 6.76. The molecule has 7 heteroatoms. The summed E-state index contributed by atoms with van der Waals surface area (Å²) >= 11 is 1.86. The molecule has 3 rings (SSSR count). The van der Waals surface area contributed by atoms with Gasteiger partial charge in [-0.1, -0.05) is 6.07 Å². The minimum Gasteiger partial charge on any atom is -0.356 e. The molecule has 0 bridgehead atoms. The second-order valence-corrected chi connectivity index (χ2v) is 8.00. The first-order chi connectivity index (χ1) is 11.8. The van der Waals surface area contributed by atoms with Crippen LogP contribution in [0.5, 0.6) is 0 Å². The van der Waals surface area contributed by atoms with E-state index in [1.807, 2.05) is 18.4 Å². The van der Waals surface area contributed by atoms with Crippen molar-refractivity contribution in [3.63, 3.8) is 0 Å². The van der Waals surface area contributed by atoms with Gasteiger partial charge in [0.15, 0.2) is 5.96 Å². The highest BCUT2D eigenvalue weighted by Crippen LogP contribution is 2.27. The predicted octanol–water partition coefficient (Wildman–Crippen LogP) is 2.62. The zero-order valence-electron chi connectivity index (χ0n) is 15.4. The quantitative estimate of drug-likeness (QED) is 0.376. The minimum absolute atomic E-state index is 0. The number of likely N-dealkylation sites (tertiary alicyclic amines) is 2. The third-order valence-corrected chi connectivity index (χ3v) is 6.16. The molecule has 0 spiro atoms. The lowest BCUT2D eigenvalue weighted by Crippen LogP contribution is -2.44. The molecular weight excluding hydrogens is 445 g/mol. The molecule has 1 aromatic rings. The Morgan fingerprint density at radius 1 is 1.32 bits per heavy atom. The van der Waals surface area contributed by atoms with Crippen molar-refractivity contribution in [3.05, 3.63) is 22.4 Å². The normalized spacial score (nSPS) is 23.4. The SMILES string of the molecule is CN=C(NCC1CCN(C)C1)NCC(c1cccs1)N1CCCC1.I. The van der Waals surface area contributed by atoms with Crippen LogP contribution >= 0.6 is 35.3 Å². The first-order valence-electron chi connectivity index (χ1n) is 9.17. The van der Waals surface area contributed by atoms with Crippen LogP contribution in [0, 0.1) is 5.92 Å². The molecule has 142 valence electrons. The van der Waals surface area contributed by atoms with Crippen LogP contribution in [-0.4, -0.2) is 69.1 Å². The number of thiophene rings is 1. The molecule has 2 unspecified atom stereocenters. The van der Waals surface area contributed by atoms with Gasteiger partial charge < -0.3 is 15.5 Å². The summed E-state index contributed by atoms with van der Waals surface area (Å²) in [6.07, 6.45) is 3.93. The topological polar surface area (TPSA) is 42.9 Å². The smallest absolute Gasteiger partial charge is 0.191 e. The van der Waals surface area contributed by atoms with Gasteiger partial charge in [0.05, 0.1) is 6.04 Å². The van der Waals surface area contributed by atoms with E-state index in [0.29, 0.717) is 6.04 Å². The fourth-order valence-electron chi connectivity index (χ4n) is 3.79. The van der Waals surface area contributed by atoms with E-state index in [4.69, 9.17) is 0 Å². The number of nitrogens with zero attached hydrogens (tertiary/aromatic N) is 3. The number of nitrogens with one attached hydrogen (secondary N) is 2. The fraction of sp³-hybridized carbons (Fsp3) is 0.722. The zero-order chi connectivity index (χ0) is 16.8. The molecule has 0 radical (unpaired) electrons. The van der Waals surface area contributed by atoms with Gasteiger partial charge in [-0.3, -0.25) is 9.89 Å². The van der Waals surface area contributed by atoms with E-state index in [1.165, 1.54) is 50.3 Å². The van der Waals surface area contributed by atoms with Crippen molar-refractivity contribution in [2.24, 2.45) is 10.9 Å². The van der Waals surface area contributed by atoms with Gasteiger partial charge in [-0.05, 0) is 63.3 Å². The van der Waals surface area contributed by atoms with Crippen LogP contribution in [0.4, 0.5) is 0 Å². The maximum absolute atomic E-state index is 4.41. The third-order valence-electron chi connectivity index (χ3n) is 5.19. The lowest BCUT2D eigenvalue weighted by atomic mass is 10.1. The number of halogens is 1. The maximum atomic E-state index is 4.41. The molecule has 0 aromatic carbocycles. The Hall–Kier alpha value is -0.380. The summed E-state index contributed by atoms with van der Waals surface area (Å²) in [5.41, 5.74) is 0. The van der Waals surface area contributed by atoms with Crippen LogP contribution in [0.3, 0.4) is 0 Å². The highest BCUT2D eigenvalue weighted by Gasteiger charge is 2.24. The summed E-state index contributed by atoms with van der Waals surface area (Å²) in [6, 6.07) is 4.88. The predicted molar refractivity (Wildman–Crippen MR) is 118 cm³/mol. The van der Waals surface area contributed by atoms with Crippen LogP contribution in [0.25, 0.3) is 0 Å². The maximum Gasteiger partial charge on any atom is 0.191 e. The molecule has 2 atom stereocenters. The Kier molecular flexibility index (Phi) is 8.95. The fourth-order valence-corrected chi connectivity index (χ4v) is 4.65. The van der Waals surface area contributed by atoms with Crippen LogP contribution in [-0.2, 0) is 0 Å². The monoisotopic (exact) mass is 477 g/mol. The average molecular weight is 477 g/mol. The van der Waals surface area contributed by atoms with Crippen LogP contribution in [0.1, 0.15) is 30.2 Å². The van der Waals surface area contributed by atoms with Crippen LogP contribution < -0.4 is 10.6 Å². The number of guanidine groups is 1. The van der Waals surface area contributed by atoms with E-state index in [1.54, 1.807) is 0 Å². The molecule has 2 saturated heterocycles. The van der Waals surface area contributed by atoms with E-state index < -0.39 is 0 Å². The van der Waals surface area contributed by atoms with Crippen molar-refractivity contribution in [3.8, 4) is 0 Å². The van der Waals surface area contributed by atoms with Crippen molar-refractivity contribution in [1.29, 1.82) is 0 Å². The van der Waals surface area contributed by atoms with Gasteiger partial charge in [-0.15, -0.1) is 35.3 Å². The second kappa shape index (κ2) is 10.7. The highest BCUT2D eigenvalue weighted by atomic mass is 127. The van der Waals surface area contributed by atoms with Crippen molar-refractivity contribution in [2.45, 2.75) is 25.3 Å². The van der Waals surface area contributed by atoms with Crippen molar-refractivity contribution in [1.82, 2.24) is 20.4 Å². The molecule has 0 amide bonds. The number of hydrogen-bond acceptors (Lipinski definition) is 4. The molecule has 2 N–H and O–H groups in total. The molecule has 0 aliphatic carbocycles. The summed E-state index contributed by atoms with van der Waals surface area (Å²) in [5, 5.41) is 9.26. The van der Waals surface area contributed by atoms with Crippen LogP contribution in [0.2, 0.25) is 0 Å². The Morgan fingerprint density at radius 3 is 2.72 bits per heavy atom. The number of hydrogen-bond donors (Lipinski definition) is 2. The Bertz CT molecular complexity index is 516. The Morgan fingerprint density at radius 2 is 2.12 bits per heavy atom. The molecule has 3 heterocycles. The number of aliphatic imine (C=N–C) groups is 1. The van der Waals surface area contributed by atoms with Gasteiger partial charge in [-0.25, -0.2) is 0 Å². The Balaban J connectivity index is 0.00000225. The molecule has 0 saturated carbocycles. The van der Waals surface area contributed by atoms with Gasteiger partial charge in [0.2, 0.25) is 0 Å². The van der Waals surface area contributed by atoms with Gasteiger partial charge in [-0.2, -0.15) is 0 Å². The number of rotatable bonds is 6. The van der Waals surface area contributed by atoms with Crippen molar-refractivity contribution >= 4 is 41.3 Å². The third kappa shape index (κ3) is 6.08. The zero-order valence-corrected chi connectivity index (χ0v) is 18.6. The van der Waals surface area contributed by atoms with E-state index in [0.717, 1.165) is 25.0 Å². The summed E-state index contributed by atoms with van der Waals surface area (Å²) in [4.78, 5) is 10.9. The largest absolute Gasteiger partial charge is 0.356 e. The van der Waals surface area contributed by atoms with E-state index in [-0.39, 0.29) is 24.0 Å². The van der Waals surface area contributed by atoms with E-state index in [9.17, 15) is 0 Å². The first kappa shape index (κ1) is 20.9. The van der Waals surface area contributed by atoms with E-state index >= 15 is 0 Å². The van der Waals surface area contributed by atoms with Crippen molar-refractivity contribution < 1.29 is 0 Å². The molecule has 25 heavy (non-hydrogen) atoms. The average Bonchev–Trinajstić information content (AvgIpc) is 3.33. The molecular formula is C18H32IN5S. The molecule has 2 aliphatic heterocycles. The van der Waals surface area contributed by atoms with E-state index in [2.05, 4.69) is 50.0 Å². The standard InChI is InChI=1S/C18H31N5S.HI/c1-19-18(20-12-15-7-10-22(2)14-15)21-13-16(17-6-5-11-24-17)23-8-3-4-9-23;/h5-6,11,15-16H,3-4,7-10,12-14H2,1-2H3,(H2,19,20,21);1H. The van der Waals surface area contributed by atoms with Crippen LogP contribution in [0.15, 0.2) is 22.5 Å². The Labute approximate surface area is 173 Å². The molecule has 5 nitrogen and oxygen atoms in total. The first-order valence-corrected chi connectivity index (χ1v) is 10.0. The second-order valence-electron chi connectivity index (χ2n) is 7.03. The van der Waals surface area contributed by atoms with Gasteiger partial charge in [0, 0.05) is 31.6 Å². The van der Waals surface area contributed by atoms with Gasteiger partial charge >= 0.3 is 0 Å². The minimum atomic E-state index is 0. The lowest BCUT2D eigenvalue weighted by Gasteiger charge is -2.27. The van der Waals surface area contributed by atoms with Gasteiger partial charge in [0.1, 0.15) is 0 Å². The summed E-state index contributed by atoms with van der Waals surface area (Å²) < 4.78 is 0. The molecule has 2 fully saturated rings. The molecule has 1 aromatic heterocycles. The summed E-state index contributed by atoms with van der Waals surface area (Å²) in [5.74, 6) is 1.67. The van der Waals surface area contributed by atoms with Crippen molar-refractivity contribution in [2.75, 3.05) is 53.4 Å².